The SMILES string of the molecule is CC(C)(C)c1ccnc(-n2c3[c-]c(Oc4[c-]c(-n5[c-][n+]6c7c(cccc75)-c5ccccc5-c5ccccc5-c5cnccc5-6)ccc4)ccc3c3ccccc32)c1.[Pt]. The van der Waals surface area contributed by atoms with E-state index in [1.54, 1.807) is 0 Å². The Labute approximate surface area is 350 Å². The minimum Gasteiger partial charge on any atom is -0.510 e. The Morgan fingerprint density at radius 1 is 0.603 bits per heavy atom. The molecule has 11 rings (SSSR count). The van der Waals surface area contributed by atoms with Gasteiger partial charge in [-0.15, -0.1) is 29.7 Å². The van der Waals surface area contributed by atoms with Gasteiger partial charge in [-0.1, -0.05) is 111 Å². The number of imidazole rings is 1. The summed E-state index contributed by atoms with van der Waals surface area (Å²) in [6, 6.07) is 55.7. The molecule has 6 aromatic carbocycles. The molecule has 0 unspecified atom stereocenters. The Kier molecular flexibility index (Phi) is 8.50. The number of benzene rings is 6. The monoisotopic (exact) mass is 928 g/mol. The van der Waals surface area contributed by atoms with Crippen LogP contribution >= 0.6 is 0 Å². The van der Waals surface area contributed by atoms with Gasteiger partial charge in [-0.25, -0.2) is 4.98 Å². The van der Waals surface area contributed by atoms with Crippen molar-refractivity contribution in [3.63, 3.8) is 0 Å². The fourth-order valence-corrected chi connectivity index (χ4v) is 8.34. The molecule has 4 aromatic heterocycles. The summed E-state index contributed by atoms with van der Waals surface area (Å²) >= 11 is 0. The van der Waals surface area contributed by atoms with Gasteiger partial charge in [-0.3, -0.25) is 9.55 Å². The third-order valence-corrected chi connectivity index (χ3v) is 11.1. The first-order valence-electron chi connectivity index (χ1n) is 19.2. The summed E-state index contributed by atoms with van der Waals surface area (Å²) in [4.78, 5) is 9.43. The van der Waals surface area contributed by atoms with Gasteiger partial charge in [0, 0.05) is 62.2 Å². The third-order valence-electron chi connectivity index (χ3n) is 11.1. The minimum absolute atomic E-state index is 0. The summed E-state index contributed by atoms with van der Waals surface area (Å²) in [6.45, 7) is 6.67. The van der Waals surface area contributed by atoms with Crippen LogP contribution in [0, 0.1) is 18.5 Å². The van der Waals surface area contributed by atoms with E-state index in [0.29, 0.717) is 11.5 Å². The predicted molar refractivity (Wildman–Crippen MR) is 226 cm³/mol. The quantitative estimate of drug-likeness (QED) is 0.131. The molecule has 58 heavy (non-hydrogen) atoms. The van der Waals surface area contributed by atoms with E-state index in [1.165, 1.54) is 16.7 Å². The van der Waals surface area contributed by atoms with Crippen molar-refractivity contribution in [2.24, 2.45) is 0 Å². The molecule has 0 aliphatic carbocycles. The van der Waals surface area contributed by atoms with Gasteiger partial charge in [0.25, 0.3) is 6.33 Å². The molecule has 282 valence electrons. The molecule has 0 saturated carbocycles. The molecule has 0 amide bonds. The summed E-state index contributed by atoms with van der Waals surface area (Å²) in [7, 11) is 0. The Hall–Kier alpha value is -6.62. The normalized spacial score (nSPS) is 11.9. The second-order valence-electron chi connectivity index (χ2n) is 15.5. The number of fused-ring (bicyclic) bond motifs is 10. The summed E-state index contributed by atoms with van der Waals surface area (Å²) in [5.74, 6) is 2.01. The van der Waals surface area contributed by atoms with Crippen molar-refractivity contribution >= 4 is 32.8 Å². The second kappa shape index (κ2) is 13.8. The van der Waals surface area contributed by atoms with Gasteiger partial charge < -0.3 is 13.9 Å². The molecule has 1 aliphatic heterocycles. The second-order valence-corrected chi connectivity index (χ2v) is 15.5. The molecular formula is C51H35N5OPt-2. The van der Waals surface area contributed by atoms with Crippen molar-refractivity contribution in [2.75, 3.05) is 0 Å². The average Bonchev–Trinajstić information content (AvgIpc) is 3.80. The van der Waals surface area contributed by atoms with Gasteiger partial charge >= 0.3 is 0 Å². The Morgan fingerprint density at radius 2 is 1.28 bits per heavy atom. The molecule has 0 bridgehead atoms. The van der Waals surface area contributed by atoms with Crippen LogP contribution < -0.4 is 9.30 Å². The van der Waals surface area contributed by atoms with Crippen LogP contribution in [0.1, 0.15) is 26.3 Å². The van der Waals surface area contributed by atoms with Crippen molar-refractivity contribution in [3.8, 4) is 62.1 Å². The van der Waals surface area contributed by atoms with Crippen LogP contribution in [-0.2, 0) is 26.5 Å². The summed E-state index contributed by atoms with van der Waals surface area (Å²) < 4.78 is 13.0. The number of aromatic nitrogens is 5. The molecule has 10 aromatic rings. The van der Waals surface area contributed by atoms with Gasteiger partial charge in [0.1, 0.15) is 5.82 Å². The number of rotatable bonds is 4. The van der Waals surface area contributed by atoms with E-state index >= 15 is 0 Å². The van der Waals surface area contributed by atoms with Crippen LogP contribution in [0.15, 0.2) is 158 Å². The third kappa shape index (κ3) is 5.70. The maximum absolute atomic E-state index is 6.61. The number of hydrogen-bond donors (Lipinski definition) is 0. The van der Waals surface area contributed by atoms with Crippen molar-refractivity contribution in [1.82, 2.24) is 19.1 Å². The first-order valence-corrected chi connectivity index (χ1v) is 19.2. The largest absolute Gasteiger partial charge is 0.510 e. The first kappa shape index (κ1) is 35.8. The molecule has 7 heteroatoms. The average molecular weight is 929 g/mol. The van der Waals surface area contributed by atoms with Crippen molar-refractivity contribution in [1.29, 1.82) is 0 Å². The molecule has 0 spiro atoms. The fraction of sp³-hybridized carbons (Fsp3) is 0.0784. The first-order chi connectivity index (χ1) is 27.9. The van der Waals surface area contributed by atoms with Crippen LogP contribution in [0.5, 0.6) is 11.5 Å². The van der Waals surface area contributed by atoms with E-state index in [1.807, 2.05) is 42.9 Å². The Bertz CT molecular complexity index is 3230. The van der Waals surface area contributed by atoms with Crippen LogP contribution in [-0.4, -0.2) is 19.1 Å². The van der Waals surface area contributed by atoms with Crippen molar-refractivity contribution in [3.05, 3.63) is 182 Å². The number of nitrogens with zero attached hydrogens (tertiary/aromatic N) is 5. The maximum atomic E-state index is 6.61. The van der Waals surface area contributed by atoms with E-state index in [4.69, 9.17) is 9.72 Å². The minimum atomic E-state index is -0.0232. The summed E-state index contributed by atoms with van der Waals surface area (Å²) in [5.41, 5.74) is 13.7. The van der Waals surface area contributed by atoms with Crippen molar-refractivity contribution < 1.29 is 30.4 Å². The molecule has 0 radical (unpaired) electrons. The standard InChI is InChI=1S/C51H35N5O.Pt/c1-51(2,3)33-24-27-53-49(28-33)56-46-20-9-8-18-41(46)42-23-22-36(30-48(42)56)57-35-13-10-12-34(29-35)54-32-55-45-25-26-52-31-44(45)40-17-7-5-15-38(40)37-14-4-6-16-39(37)43-19-11-21-47(54)50(43)55;/h4-28,31H,1-3H3;/q-2;. The van der Waals surface area contributed by atoms with E-state index in [0.717, 1.165) is 72.3 Å². The van der Waals surface area contributed by atoms with E-state index < -0.39 is 0 Å². The van der Waals surface area contributed by atoms with Crippen LogP contribution in [0.3, 0.4) is 0 Å². The van der Waals surface area contributed by atoms with Gasteiger partial charge in [-0.05, 0) is 74.1 Å². The van der Waals surface area contributed by atoms with Crippen LogP contribution in [0.2, 0.25) is 0 Å². The Morgan fingerprint density at radius 3 is 2.07 bits per heavy atom. The molecule has 0 atom stereocenters. The van der Waals surface area contributed by atoms with Crippen LogP contribution in [0.4, 0.5) is 0 Å². The van der Waals surface area contributed by atoms with Gasteiger partial charge in [0.05, 0.1) is 16.7 Å². The molecule has 0 saturated heterocycles. The number of hydrogen-bond acceptors (Lipinski definition) is 3. The molecular weight excluding hydrogens is 894 g/mol. The number of para-hydroxylation sites is 2. The van der Waals surface area contributed by atoms with Gasteiger partial charge in [0.15, 0.2) is 0 Å². The van der Waals surface area contributed by atoms with E-state index in [-0.39, 0.29) is 26.5 Å². The van der Waals surface area contributed by atoms with Gasteiger partial charge in [-0.2, -0.15) is 18.2 Å². The number of pyridine rings is 2. The maximum Gasteiger partial charge on any atom is 0.268 e. The number of ether oxygens (including phenoxy) is 1. The topological polar surface area (TPSA) is 48.8 Å². The zero-order valence-electron chi connectivity index (χ0n) is 32.0. The fourth-order valence-electron chi connectivity index (χ4n) is 8.34. The molecule has 5 heterocycles. The van der Waals surface area contributed by atoms with E-state index in [9.17, 15) is 0 Å². The zero-order valence-corrected chi connectivity index (χ0v) is 34.2. The molecule has 6 nitrogen and oxygen atoms in total. The summed E-state index contributed by atoms with van der Waals surface area (Å²) in [5, 5.41) is 2.22. The molecule has 1 aliphatic rings. The summed E-state index contributed by atoms with van der Waals surface area (Å²) in [6.07, 6.45) is 9.44. The van der Waals surface area contributed by atoms with E-state index in [2.05, 4.69) is 173 Å². The predicted octanol–water partition coefficient (Wildman–Crippen LogP) is 11.6. The smallest absolute Gasteiger partial charge is 0.268 e. The molecule has 0 fully saturated rings. The Balaban J connectivity index is 0.00000408. The van der Waals surface area contributed by atoms with Gasteiger partial charge in [0.2, 0.25) is 0 Å². The van der Waals surface area contributed by atoms with Crippen LogP contribution in [0.25, 0.3) is 83.4 Å². The molecule has 0 N–H and O–H groups in total. The van der Waals surface area contributed by atoms with Crippen molar-refractivity contribution in [2.45, 2.75) is 26.2 Å². The zero-order chi connectivity index (χ0) is 38.3.